The molecule has 0 bridgehead atoms. The van der Waals surface area contributed by atoms with Crippen LogP contribution in [0.4, 0.5) is 13.2 Å². The van der Waals surface area contributed by atoms with Crippen LogP contribution in [0.2, 0.25) is 0 Å². The van der Waals surface area contributed by atoms with Gasteiger partial charge < -0.3 is 10.1 Å². The van der Waals surface area contributed by atoms with Crippen molar-refractivity contribution in [2.45, 2.75) is 20.0 Å². The van der Waals surface area contributed by atoms with Crippen LogP contribution in [0.3, 0.4) is 0 Å². The van der Waals surface area contributed by atoms with Crippen molar-refractivity contribution >= 4 is 5.91 Å². The van der Waals surface area contributed by atoms with Gasteiger partial charge in [0.2, 0.25) is 0 Å². The number of nitrogens with one attached hydrogen (secondary N) is 1. The Morgan fingerprint density at radius 2 is 1.95 bits per heavy atom. The molecule has 6 heteroatoms. The first-order valence-corrected chi connectivity index (χ1v) is 5.79. The molecule has 106 valence electrons. The van der Waals surface area contributed by atoms with Crippen LogP contribution in [0.1, 0.15) is 21.5 Å². The van der Waals surface area contributed by atoms with Crippen LogP contribution in [0.15, 0.2) is 18.2 Å². The van der Waals surface area contributed by atoms with Crippen molar-refractivity contribution in [1.82, 2.24) is 5.32 Å². The summed E-state index contributed by atoms with van der Waals surface area (Å²) in [6.07, 6.45) is -4.34. The lowest BCUT2D eigenvalue weighted by molar-refractivity contribution is -0.173. The lowest BCUT2D eigenvalue weighted by atomic mass is 10.1. The number of benzene rings is 1. The van der Waals surface area contributed by atoms with Crippen molar-refractivity contribution in [3.05, 3.63) is 34.9 Å². The lowest BCUT2D eigenvalue weighted by Crippen LogP contribution is -2.28. The summed E-state index contributed by atoms with van der Waals surface area (Å²) in [6, 6.07) is 5.24. The van der Waals surface area contributed by atoms with E-state index in [1.54, 1.807) is 12.1 Å². The van der Waals surface area contributed by atoms with Crippen molar-refractivity contribution in [3.8, 4) is 0 Å². The van der Waals surface area contributed by atoms with E-state index in [1.165, 1.54) is 0 Å². The zero-order chi connectivity index (χ0) is 14.5. The van der Waals surface area contributed by atoms with Gasteiger partial charge in [-0.3, -0.25) is 4.79 Å². The first kappa shape index (κ1) is 15.5. The predicted molar refractivity (Wildman–Crippen MR) is 65.1 cm³/mol. The third-order valence-corrected chi connectivity index (χ3v) is 2.57. The molecule has 19 heavy (non-hydrogen) atoms. The summed E-state index contributed by atoms with van der Waals surface area (Å²) in [5.41, 5.74) is 2.55. The van der Waals surface area contributed by atoms with Gasteiger partial charge in [0.1, 0.15) is 6.61 Å². The summed E-state index contributed by atoms with van der Waals surface area (Å²) in [6.45, 7) is 2.39. The number of halogens is 3. The monoisotopic (exact) mass is 275 g/mol. The quantitative estimate of drug-likeness (QED) is 0.839. The Labute approximate surface area is 109 Å². The summed E-state index contributed by atoms with van der Waals surface area (Å²) in [4.78, 5) is 11.7. The number of aryl methyl sites for hydroxylation is 2. The second-order valence-corrected chi connectivity index (χ2v) is 4.22. The molecule has 1 amide bonds. The molecule has 0 atom stereocenters. The van der Waals surface area contributed by atoms with Crippen LogP contribution in [0, 0.1) is 13.8 Å². The number of alkyl halides is 3. The molecule has 0 spiro atoms. The van der Waals surface area contributed by atoms with Gasteiger partial charge in [-0.2, -0.15) is 13.2 Å². The number of carbonyl (C=O) groups is 1. The molecule has 0 heterocycles. The Bertz CT molecular complexity index is 444. The smallest absolute Gasteiger partial charge is 0.370 e. The molecule has 3 nitrogen and oxygen atoms in total. The van der Waals surface area contributed by atoms with Crippen molar-refractivity contribution in [3.63, 3.8) is 0 Å². The van der Waals surface area contributed by atoms with Crippen molar-refractivity contribution in [2.75, 3.05) is 19.8 Å². The minimum absolute atomic E-state index is 0.0435. The maximum atomic E-state index is 11.8. The van der Waals surface area contributed by atoms with Crippen molar-refractivity contribution in [2.24, 2.45) is 0 Å². The number of carbonyl (C=O) groups excluding carboxylic acids is 1. The highest BCUT2D eigenvalue weighted by molar-refractivity contribution is 5.94. The fourth-order valence-corrected chi connectivity index (χ4v) is 1.41. The zero-order valence-corrected chi connectivity index (χ0v) is 10.8. The molecular formula is C13H16F3NO2. The van der Waals surface area contributed by atoms with E-state index in [0.29, 0.717) is 5.56 Å². The fraction of sp³-hybridized carbons (Fsp3) is 0.462. The van der Waals surface area contributed by atoms with Gasteiger partial charge in [0, 0.05) is 12.1 Å². The van der Waals surface area contributed by atoms with E-state index in [0.717, 1.165) is 11.1 Å². The van der Waals surface area contributed by atoms with Crippen molar-refractivity contribution in [1.29, 1.82) is 0 Å². The Hall–Kier alpha value is -1.56. The Morgan fingerprint density at radius 1 is 1.26 bits per heavy atom. The maximum Gasteiger partial charge on any atom is 0.411 e. The van der Waals surface area contributed by atoms with E-state index in [-0.39, 0.29) is 19.1 Å². The van der Waals surface area contributed by atoms with Crippen LogP contribution >= 0.6 is 0 Å². The summed E-state index contributed by atoms with van der Waals surface area (Å²) in [5, 5.41) is 2.50. The number of hydrogen-bond acceptors (Lipinski definition) is 2. The van der Waals surface area contributed by atoms with Crippen molar-refractivity contribution < 1.29 is 22.7 Å². The molecule has 0 saturated carbocycles. The minimum Gasteiger partial charge on any atom is -0.370 e. The average molecular weight is 275 g/mol. The molecule has 1 rings (SSSR count). The zero-order valence-electron chi connectivity index (χ0n) is 10.8. The fourth-order valence-electron chi connectivity index (χ4n) is 1.41. The second-order valence-electron chi connectivity index (χ2n) is 4.22. The first-order chi connectivity index (χ1) is 8.79. The molecule has 0 aliphatic heterocycles. The van der Waals surface area contributed by atoms with E-state index in [1.807, 2.05) is 19.9 Å². The number of ether oxygens (including phenoxy) is 1. The molecule has 1 aromatic rings. The van der Waals surface area contributed by atoms with E-state index in [9.17, 15) is 18.0 Å². The average Bonchev–Trinajstić information content (AvgIpc) is 2.30. The molecule has 0 radical (unpaired) electrons. The lowest BCUT2D eigenvalue weighted by Gasteiger charge is -2.09. The standard InChI is InChI=1S/C13H16F3NO2/c1-9-3-4-11(7-10(9)2)12(18)17-5-6-19-8-13(14,15)16/h3-4,7H,5-6,8H2,1-2H3,(H,17,18). The highest BCUT2D eigenvalue weighted by atomic mass is 19.4. The number of hydrogen-bond donors (Lipinski definition) is 1. The van der Waals surface area contributed by atoms with Crippen LogP contribution in [-0.4, -0.2) is 31.8 Å². The molecule has 0 saturated heterocycles. The van der Waals surface area contributed by atoms with Gasteiger partial charge in [0.25, 0.3) is 5.91 Å². The Balaban J connectivity index is 2.33. The van der Waals surface area contributed by atoms with Gasteiger partial charge in [-0.25, -0.2) is 0 Å². The molecule has 0 fully saturated rings. The van der Waals surface area contributed by atoms with Crippen LogP contribution in [-0.2, 0) is 4.74 Å². The number of rotatable bonds is 5. The molecular weight excluding hydrogens is 259 g/mol. The van der Waals surface area contributed by atoms with Crippen LogP contribution in [0.25, 0.3) is 0 Å². The van der Waals surface area contributed by atoms with Gasteiger partial charge in [-0.05, 0) is 37.1 Å². The minimum atomic E-state index is -4.34. The topological polar surface area (TPSA) is 38.3 Å². The van der Waals surface area contributed by atoms with Gasteiger partial charge >= 0.3 is 6.18 Å². The molecule has 1 aromatic carbocycles. The highest BCUT2D eigenvalue weighted by Gasteiger charge is 2.27. The van der Waals surface area contributed by atoms with E-state index < -0.39 is 12.8 Å². The third-order valence-electron chi connectivity index (χ3n) is 2.57. The first-order valence-electron chi connectivity index (χ1n) is 5.79. The molecule has 0 aliphatic rings. The Morgan fingerprint density at radius 3 is 2.53 bits per heavy atom. The largest absolute Gasteiger partial charge is 0.411 e. The maximum absolute atomic E-state index is 11.8. The highest BCUT2D eigenvalue weighted by Crippen LogP contribution is 2.14. The summed E-state index contributed by atoms with van der Waals surface area (Å²) < 4.78 is 39.7. The van der Waals surface area contributed by atoms with Crippen LogP contribution < -0.4 is 5.32 Å². The Kier molecular flexibility index (Phi) is 5.35. The van der Waals surface area contributed by atoms with E-state index in [2.05, 4.69) is 10.1 Å². The van der Waals surface area contributed by atoms with Gasteiger partial charge in [-0.15, -0.1) is 0 Å². The molecule has 0 aliphatic carbocycles. The number of amides is 1. The molecule has 1 N–H and O–H groups in total. The SMILES string of the molecule is Cc1ccc(C(=O)NCCOCC(F)(F)F)cc1C. The molecule has 0 aromatic heterocycles. The van der Waals surface area contributed by atoms with Crippen LogP contribution in [0.5, 0.6) is 0 Å². The molecule has 0 unspecified atom stereocenters. The summed E-state index contributed by atoms with van der Waals surface area (Å²) in [7, 11) is 0. The normalized spacial score (nSPS) is 11.4. The summed E-state index contributed by atoms with van der Waals surface area (Å²) in [5.74, 6) is -0.321. The van der Waals surface area contributed by atoms with Gasteiger partial charge in [-0.1, -0.05) is 6.07 Å². The predicted octanol–water partition coefficient (Wildman–Crippen LogP) is 2.61. The second kappa shape index (κ2) is 6.56. The van der Waals surface area contributed by atoms with Gasteiger partial charge in [0.15, 0.2) is 0 Å². The van der Waals surface area contributed by atoms with Gasteiger partial charge in [0.05, 0.1) is 6.61 Å². The third kappa shape index (κ3) is 5.74. The van der Waals surface area contributed by atoms with E-state index >= 15 is 0 Å². The summed E-state index contributed by atoms with van der Waals surface area (Å²) >= 11 is 0. The van der Waals surface area contributed by atoms with E-state index in [4.69, 9.17) is 0 Å².